The van der Waals surface area contributed by atoms with Crippen LogP contribution in [0.1, 0.15) is 12.0 Å². The van der Waals surface area contributed by atoms with Crippen molar-refractivity contribution in [2.75, 3.05) is 26.2 Å². The normalized spacial score (nSPS) is 21.2. The topological polar surface area (TPSA) is 38.5 Å². The summed E-state index contributed by atoms with van der Waals surface area (Å²) in [5.74, 6) is 0.953. The summed E-state index contributed by atoms with van der Waals surface area (Å²) in [5.41, 5.74) is 7.10. The number of aryl methyl sites for hydroxylation is 1. The zero-order chi connectivity index (χ0) is 11.4. The van der Waals surface area contributed by atoms with E-state index in [9.17, 15) is 0 Å². The van der Waals surface area contributed by atoms with E-state index in [1.807, 2.05) is 12.1 Å². The molecule has 1 heterocycles. The molecular formula is C13H20N2O. The molecule has 0 saturated carbocycles. The fraction of sp³-hybridized carbons (Fsp3) is 0.538. The Morgan fingerprint density at radius 1 is 1.38 bits per heavy atom. The highest BCUT2D eigenvalue weighted by Gasteiger charge is 2.18. The Labute approximate surface area is 97.2 Å². The highest BCUT2D eigenvalue weighted by Crippen LogP contribution is 2.12. The molecule has 1 fully saturated rings. The van der Waals surface area contributed by atoms with Crippen LogP contribution in [0.4, 0.5) is 0 Å². The first-order valence-electron chi connectivity index (χ1n) is 5.91. The number of nitrogens with zero attached hydrogens (tertiary/aromatic N) is 1. The van der Waals surface area contributed by atoms with Crippen molar-refractivity contribution in [1.29, 1.82) is 0 Å². The quantitative estimate of drug-likeness (QED) is 0.833. The summed E-state index contributed by atoms with van der Waals surface area (Å²) in [4.78, 5) is 2.36. The summed E-state index contributed by atoms with van der Waals surface area (Å²) in [7, 11) is 0. The van der Waals surface area contributed by atoms with Gasteiger partial charge >= 0.3 is 0 Å². The van der Waals surface area contributed by atoms with Crippen LogP contribution in [0.5, 0.6) is 5.75 Å². The van der Waals surface area contributed by atoms with Crippen LogP contribution in [0.2, 0.25) is 0 Å². The fourth-order valence-corrected chi connectivity index (χ4v) is 1.99. The minimum Gasteiger partial charge on any atom is -0.492 e. The van der Waals surface area contributed by atoms with Gasteiger partial charge in [0.05, 0.1) is 0 Å². The lowest BCUT2D eigenvalue weighted by Gasteiger charge is -2.15. The van der Waals surface area contributed by atoms with Gasteiger partial charge in [0, 0.05) is 19.1 Å². The molecule has 3 heteroatoms. The van der Waals surface area contributed by atoms with Crippen molar-refractivity contribution < 1.29 is 4.74 Å². The number of hydrogen-bond acceptors (Lipinski definition) is 3. The van der Waals surface area contributed by atoms with Crippen molar-refractivity contribution in [3.05, 3.63) is 29.8 Å². The molecule has 0 bridgehead atoms. The Balaban J connectivity index is 1.70. The second kappa shape index (κ2) is 5.32. The molecule has 0 amide bonds. The number of likely N-dealkylation sites (tertiary alicyclic amines) is 1. The molecule has 16 heavy (non-hydrogen) atoms. The Morgan fingerprint density at radius 2 is 2.12 bits per heavy atom. The third kappa shape index (κ3) is 3.22. The van der Waals surface area contributed by atoms with Gasteiger partial charge in [-0.05, 0) is 32.0 Å². The van der Waals surface area contributed by atoms with Crippen LogP contribution in [0.15, 0.2) is 24.3 Å². The largest absolute Gasteiger partial charge is 0.492 e. The van der Waals surface area contributed by atoms with Crippen LogP contribution in [-0.4, -0.2) is 37.2 Å². The molecule has 0 radical (unpaired) electrons. The van der Waals surface area contributed by atoms with Crippen molar-refractivity contribution >= 4 is 0 Å². The van der Waals surface area contributed by atoms with Gasteiger partial charge in [-0.2, -0.15) is 0 Å². The number of ether oxygens (including phenoxy) is 1. The number of rotatable bonds is 4. The Bertz CT molecular complexity index is 323. The SMILES string of the molecule is Cc1ccc(OCCN2CC[C@H](N)C2)cc1. The second-order valence-electron chi connectivity index (χ2n) is 4.51. The summed E-state index contributed by atoms with van der Waals surface area (Å²) in [6.07, 6.45) is 1.12. The molecule has 88 valence electrons. The fourth-order valence-electron chi connectivity index (χ4n) is 1.99. The standard InChI is InChI=1S/C13H20N2O/c1-11-2-4-13(5-3-11)16-9-8-15-7-6-12(14)10-15/h2-5,12H,6-10,14H2,1H3/t12-/m0/s1. The molecule has 1 aliphatic rings. The van der Waals surface area contributed by atoms with Gasteiger partial charge in [0.2, 0.25) is 0 Å². The minimum atomic E-state index is 0.361. The summed E-state index contributed by atoms with van der Waals surface area (Å²) in [6, 6.07) is 8.54. The Morgan fingerprint density at radius 3 is 2.75 bits per heavy atom. The van der Waals surface area contributed by atoms with E-state index in [4.69, 9.17) is 10.5 Å². The number of nitrogens with two attached hydrogens (primary N) is 1. The van der Waals surface area contributed by atoms with E-state index in [0.717, 1.165) is 38.4 Å². The lowest BCUT2D eigenvalue weighted by atomic mass is 10.2. The molecular weight excluding hydrogens is 200 g/mol. The zero-order valence-corrected chi connectivity index (χ0v) is 9.86. The molecule has 2 rings (SSSR count). The number of benzene rings is 1. The summed E-state index contributed by atoms with van der Waals surface area (Å²) in [5, 5.41) is 0. The van der Waals surface area contributed by atoms with Crippen molar-refractivity contribution in [3.8, 4) is 5.75 Å². The van der Waals surface area contributed by atoms with Gasteiger partial charge < -0.3 is 10.5 Å². The van der Waals surface area contributed by atoms with Crippen LogP contribution < -0.4 is 10.5 Å². The average Bonchev–Trinajstić information content (AvgIpc) is 2.67. The molecule has 2 N–H and O–H groups in total. The zero-order valence-electron chi connectivity index (χ0n) is 9.86. The van der Waals surface area contributed by atoms with E-state index < -0.39 is 0 Å². The highest BCUT2D eigenvalue weighted by molar-refractivity contribution is 5.26. The smallest absolute Gasteiger partial charge is 0.119 e. The van der Waals surface area contributed by atoms with E-state index in [0.29, 0.717) is 6.04 Å². The third-order valence-corrected chi connectivity index (χ3v) is 3.01. The van der Waals surface area contributed by atoms with Gasteiger partial charge in [0.25, 0.3) is 0 Å². The molecule has 1 aromatic carbocycles. The minimum absolute atomic E-state index is 0.361. The summed E-state index contributed by atoms with van der Waals surface area (Å²) >= 11 is 0. The van der Waals surface area contributed by atoms with Crippen LogP contribution in [0.25, 0.3) is 0 Å². The molecule has 1 saturated heterocycles. The lowest BCUT2D eigenvalue weighted by molar-refractivity contribution is 0.236. The predicted molar refractivity (Wildman–Crippen MR) is 65.7 cm³/mol. The van der Waals surface area contributed by atoms with Crippen LogP contribution >= 0.6 is 0 Å². The molecule has 1 aliphatic heterocycles. The Hall–Kier alpha value is -1.06. The molecule has 0 aliphatic carbocycles. The van der Waals surface area contributed by atoms with Crippen molar-refractivity contribution in [2.45, 2.75) is 19.4 Å². The lowest BCUT2D eigenvalue weighted by Crippen LogP contribution is -2.29. The van der Waals surface area contributed by atoms with Gasteiger partial charge in [-0.1, -0.05) is 17.7 Å². The molecule has 0 unspecified atom stereocenters. The maximum Gasteiger partial charge on any atom is 0.119 e. The van der Waals surface area contributed by atoms with E-state index in [1.54, 1.807) is 0 Å². The number of hydrogen-bond donors (Lipinski definition) is 1. The second-order valence-corrected chi connectivity index (χ2v) is 4.51. The van der Waals surface area contributed by atoms with Crippen LogP contribution in [0, 0.1) is 6.92 Å². The first kappa shape index (κ1) is 11.4. The maximum atomic E-state index is 5.84. The summed E-state index contributed by atoms with van der Waals surface area (Å²) < 4.78 is 5.68. The third-order valence-electron chi connectivity index (χ3n) is 3.01. The molecule has 0 spiro atoms. The van der Waals surface area contributed by atoms with Gasteiger partial charge in [0.15, 0.2) is 0 Å². The average molecular weight is 220 g/mol. The maximum absolute atomic E-state index is 5.84. The Kier molecular flexibility index (Phi) is 3.80. The molecule has 3 nitrogen and oxygen atoms in total. The van der Waals surface area contributed by atoms with E-state index >= 15 is 0 Å². The van der Waals surface area contributed by atoms with Gasteiger partial charge in [0.1, 0.15) is 12.4 Å². The van der Waals surface area contributed by atoms with Crippen LogP contribution in [0.3, 0.4) is 0 Å². The first-order chi connectivity index (χ1) is 7.74. The van der Waals surface area contributed by atoms with Crippen molar-refractivity contribution in [1.82, 2.24) is 4.90 Å². The summed E-state index contributed by atoms with van der Waals surface area (Å²) in [6.45, 7) is 5.92. The van der Waals surface area contributed by atoms with E-state index in [2.05, 4.69) is 24.0 Å². The monoisotopic (exact) mass is 220 g/mol. The van der Waals surface area contributed by atoms with Crippen molar-refractivity contribution in [3.63, 3.8) is 0 Å². The molecule has 1 aromatic rings. The van der Waals surface area contributed by atoms with E-state index in [-0.39, 0.29) is 0 Å². The van der Waals surface area contributed by atoms with Crippen molar-refractivity contribution in [2.24, 2.45) is 5.73 Å². The van der Waals surface area contributed by atoms with Gasteiger partial charge in [-0.3, -0.25) is 4.90 Å². The van der Waals surface area contributed by atoms with Crippen LogP contribution in [-0.2, 0) is 0 Å². The first-order valence-corrected chi connectivity index (χ1v) is 5.91. The van der Waals surface area contributed by atoms with E-state index in [1.165, 1.54) is 5.56 Å². The molecule has 0 aromatic heterocycles. The van der Waals surface area contributed by atoms with Gasteiger partial charge in [-0.15, -0.1) is 0 Å². The predicted octanol–water partition coefficient (Wildman–Crippen LogP) is 1.41. The highest BCUT2D eigenvalue weighted by atomic mass is 16.5. The molecule has 1 atom stereocenters. The van der Waals surface area contributed by atoms with Gasteiger partial charge in [-0.25, -0.2) is 0 Å².